The Morgan fingerprint density at radius 3 is 2.85 bits per heavy atom. The lowest BCUT2D eigenvalue weighted by molar-refractivity contribution is 0.625. The number of thioether (sulfide) groups is 1. The van der Waals surface area contributed by atoms with Gasteiger partial charge >= 0.3 is 0 Å². The minimum absolute atomic E-state index is 0.217. The van der Waals surface area contributed by atoms with Gasteiger partial charge in [0.2, 0.25) is 0 Å². The number of hydrogen-bond donors (Lipinski definition) is 0. The van der Waals surface area contributed by atoms with E-state index in [4.69, 9.17) is 6.42 Å². The van der Waals surface area contributed by atoms with Gasteiger partial charge in [-0.1, -0.05) is 21.9 Å². The molecule has 13 heavy (non-hydrogen) atoms. The summed E-state index contributed by atoms with van der Waals surface area (Å²) in [5, 5.41) is 0. The smallest absolute Gasteiger partial charge is 0.124 e. The summed E-state index contributed by atoms with van der Waals surface area (Å²) in [6.45, 7) is 0. The molecule has 0 amide bonds. The molecule has 68 valence electrons. The standard InChI is InChI=1S/C10H8BrFS/c1-2-3-13-7-8-4-9(11)6-10(12)5-8/h1,4-6H,3,7H2. The molecule has 3 heteroatoms. The lowest BCUT2D eigenvalue weighted by atomic mass is 10.2. The van der Waals surface area contributed by atoms with Crippen molar-refractivity contribution < 1.29 is 4.39 Å². The van der Waals surface area contributed by atoms with Crippen molar-refractivity contribution in [3.05, 3.63) is 34.1 Å². The van der Waals surface area contributed by atoms with E-state index in [0.717, 1.165) is 15.8 Å². The maximum atomic E-state index is 12.9. The molecule has 1 aromatic rings. The highest BCUT2D eigenvalue weighted by atomic mass is 79.9. The molecule has 0 nitrogen and oxygen atoms in total. The van der Waals surface area contributed by atoms with Crippen molar-refractivity contribution in [2.75, 3.05) is 5.75 Å². The molecule has 0 aliphatic heterocycles. The fourth-order valence-corrected chi connectivity index (χ4v) is 2.06. The van der Waals surface area contributed by atoms with Crippen molar-refractivity contribution in [2.45, 2.75) is 5.75 Å². The third-order valence-corrected chi connectivity index (χ3v) is 2.74. The van der Waals surface area contributed by atoms with Gasteiger partial charge in [-0.3, -0.25) is 0 Å². The molecule has 0 N–H and O–H groups in total. The van der Waals surface area contributed by atoms with Crippen LogP contribution in [0.15, 0.2) is 22.7 Å². The highest BCUT2D eigenvalue weighted by Crippen LogP contribution is 2.18. The van der Waals surface area contributed by atoms with Crippen LogP contribution in [0.5, 0.6) is 0 Å². The predicted molar refractivity (Wildman–Crippen MR) is 59.1 cm³/mol. The number of halogens is 2. The van der Waals surface area contributed by atoms with Crippen LogP contribution in [-0.2, 0) is 5.75 Å². The number of rotatable bonds is 3. The van der Waals surface area contributed by atoms with Crippen molar-refractivity contribution in [3.63, 3.8) is 0 Å². The summed E-state index contributed by atoms with van der Waals surface area (Å²) in [6, 6.07) is 4.86. The van der Waals surface area contributed by atoms with Crippen LogP contribution in [-0.4, -0.2) is 5.75 Å². The first kappa shape index (κ1) is 10.6. The molecule has 0 saturated carbocycles. The SMILES string of the molecule is C#CCSCc1cc(F)cc(Br)c1. The van der Waals surface area contributed by atoms with Crippen LogP contribution in [0.4, 0.5) is 4.39 Å². The molecule has 1 rings (SSSR count). The first-order valence-corrected chi connectivity index (χ1v) is 5.63. The molecular formula is C10H8BrFS. The van der Waals surface area contributed by atoms with Crippen LogP contribution in [0.25, 0.3) is 0 Å². The molecule has 1 aromatic carbocycles. The summed E-state index contributed by atoms with van der Waals surface area (Å²) in [5.41, 5.74) is 0.951. The van der Waals surface area contributed by atoms with E-state index in [0.29, 0.717) is 5.75 Å². The van der Waals surface area contributed by atoms with Gasteiger partial charge in [0.1, 0.15) is 5.82 Å². The molecule has 0 spiro atoms. The zero-order valence-electron chi connectivity index (χ0n) is 6.89. The van der Waals surface area contributed by atoms with Crippen molar-refractivity contribution >= 4 is 27.7 Å². The molecule has 0 atom stereocenters. The highest BCUT2D eigenvalue weighted by molar-refractivity contribution is 9.10. The summed E-state index contributed by atoms with van der Waals surface area (Å²) >= 11 is 4.83. The highest BCUT2D eigenvalue weighted by Gasteiger charge is 1.98. The summed E-state index contributed by atoms with van der Waals surface area (Å²) in [6.07, 6.45) is 5.10. The second-order valence-electron chi connectivity index (χ2n) is 2.47. The van der Waals surface area contributed by atoms with E-state index in [2.05, 4.69) is 21.9 Å². The average molecular weight is 259 g/mol. The van der Waals surface area contributed by atoms with E-state index in [1.807, 2.05) is 6.07 Å². The van der Waals surface area contributed by atoms with Gasteiger partial charge in [0.05, 0.1) is 5.75 Å². The summed E-state index contributed by atoms with van der Waals surface area (Å²) < 4.78 is 13.6. The van der Waals surface area contributed by atoms with Crippen LogP contribution in [0.2, 0.25) is 0 Å². The van der Waals surface area contributed by atoms with E-state index in [9.17, 15) is 4.39 Å². The minimum Gasteiger partial charge on any atom is -0.207 e. The molecule has 0 radical (unpaired) electrons. The van der Waals surface area contributed by atoms with Crippen LogP contribution < -0.4 is 0 Å². The third-order valence-electron chi connectivity index (χ3n) is 1.38. The molecular weight excluding hydrogens is 251 g/mol. The molecule has 0 aromatic heterocycles. The third kappa shape index (κ3) is 3.84. The van der Waals surface area contributed by atoms with E-state index in [1.165, 1.54) is 12.1 Å². The maximum Gasteiger partial charge on any atom is 0.124 e. The Bertz CT molecular complexity index is 310. The zero-order chi connectivity index (χ0) is 9.68. The van der Waals surface area contributed by atoms with E-state index in [-0.39, 0.29) is 5.82 Å². The molecule has 0 fully saturated rings. The largest absolute Gasteiger partial charge is 0.207 e. The molecule has 0 aliphatic rings. The molecule has 0 heterocycles. The number of benzene rings is 1. The Morgan fingerprint density at radius 1 is 1.46 bits per heavy atom. The fraction of sp³-hybridized carbons (Fsp3) is 0.200. The fourth-order valence-electron chi connectivity index (χ4n) is 0.922. The van der Waals surface area contributed by atoms with Gasteiger partial charge in [-0.25, -0.2) is 4.39 Å². The van der Waals surface area contributed by atoms with Crippen molar-refractivity contribution in [2.24, 2.45) is 0 Å². The monoisotopic (exact) mass is 258 g/mol. The zero-order valence-corrected chi connectivity index (χ0v) is 9.29. The number of terminal acetylenes is 1. The topological polar surface area (TPSA) is 0 Å². The molecule has 0 saturated heterocycles. The first-order chi connectivity index (χ1) is 6.22. The predicted octanol–water partition coefficient (Wildman–Crippen LogP) is 3.45. The summed E-state index contributed by atoms with van der Waals surface area (Å²) in [5.74, 6) is 3.72. The quantitative estimate of drug-likeness (QED) is 0.591. The second-order valence-corrected chi connectivity index (χ2v) is 4.38. The van der Waals surface area contributed by atoms with E-state index in [1.54, 1.807) is 11.8 Å². The van der Waals surface area contributed by atoms with Gasteiger partial charge in [0.25, 0.3) is 0 Å². The average Bonchev–Trinajstić information content (AvgIpc) is 2.03. The Balaban J connectivity index is 2.62. The molecule has 0 unspecified atom stereocenters. The van der Waals surface area contributed by atoms with Gasteiger partial charge in [-0.2, -0.15) is 0 Å². The Kier molecular flexibility index (Phi) is 4.34. The summed E-state index contributed by atoms with van der Waals surface area (Å²) in [4.78, 5) is 0. The number of hydrogen-bond acceptors (Lipinski definition) is 1. The van der Waals surface area contributed by atoms with Crippen molar-refractivity contribution in [3.8, 4) is 12.3 Å². The Hall–Kier alpha value is -0.460. The molecule has 0 bridgehead atoms. The normalized spacial score (nSPS) is 9.62. The lowest BCUT2D eigenvalue weighted by Crippen LogP contribution is -1.84. The summed E-state index contributed by atoms with van der Waals surface area (Å²) in [7, 11) is 0. The second kappa shape index (κ2) is 5.31. The van der Waals surface area contributed by atoms with Crippen LogP contribution >= 0.6 is 27.7 Å². The molecule has 0 aliphatic carbocycles. The van der Waals surface area contributed by atoms with Gasteiger partial charge in [-0.05, 0) is 23.8 Å². The lowest BCUT2D eigenvalue weighted by Gasteiger charge is -2.00. The van der Waals surface area contributed by atoms with Crippen molar-refractivity contribution in [1.82, 2.24) is 0 Å². The van der Waals surface area contributed by atoms with E-state index < -0.39 is 0 Å². The van der Waals surface area contributed by atoms with Gasteiger partial charge in [0.15, 0.2) is 0 Å². The van der Waals surface area contributed by atoms with Crippen molar-refractivity contribution in [1.29, 1.82) is 0 Å². The Labute approximate surface area is 90.0 Å². The van der Waals surface area contributed by atoms with Crippen LogP contribution in [0, 0.1) is 18.2 Å². The minimum atomic E-state index is -0.217. The van der Waals surface area contributed by atoms with Gasteiger partial charge in [0, 0.05) is 10.2 Å². The van der Waals surface area contributed by atoms with E-state index >= 15 is 0 Å². The van der Waals surface area contributed by atoms with Crippen LogP contribution in [0.3, 0.4) is 0 Å². The Morgan fingerprint density at radius 2 is 2.23 bits per heavy atom. The van der Waals surface area contributed by atoms with Crippen LogP contribution in [0.1, 0.15) is 5.56 Å². The van der Waals surface area contributed by atoms with Gasteiger partial charge < -0.3 is 0 Å². The maximum absolute atomic E-state index is 12.9. The first-order valence-electron chi connectivity index (χ1n) is 3.68. The van der Waals surface area contributed by atoms with Gasteiger partial charge in [-0.15, -0.1) is 18.2 Å².